The molecule has 2 unspecified atom stereocenters. The van der Waals surface area contributed by atoms with E-state index in [0.717, 1.165) is 12.8 Å². The molecule has 1 fully saturated rings. The van der Waals surface area contributed by atoms with Crippen LogP contribution in [0, 0.1) is 16.0 Å². The van der Waals surface area contributed by atoms with Gasteiger partial charge in [-0.1, -0.05) is 6.42 Å². The number of carboxylic acid groups (broad SMARTS) is 1. The Morgan fingerprint density at radius 1 is 1.40 bits per heavy atom. The van der Waals surface area contributed by atoms with Gasteiger partial charge in [-0.05, 0) is 30.3 Å². The quantitative estimate of drug-likeness (QED) is 0.566. The fraction of sp³-hybridized carbons (Fsp3) is 0.500. The van der Waals surface area contributed by atoms with Crippen LogP contribution in [0.25, 0.3) is 0 Å². The van der Waals surface area contributed by atoms with E-state index in [0.29, 0.717) is 12.8 Å². The smallest absolute Gasteiger partial charge is 0.321 e. The normalized spacial score (nSPS) is 22.2. The van der Waals surface area contributed by atoms with Crippen LogP contribution in [0.2, 0.25) is 0 Å². The lowest BCUT2D eigenvalue weighted by Gasteiger charge is -2.26. The van der Waals surface area contributed by atoms with Crippen molar-refractivity contribution < 1.29 is 19.6 Å². The molecule has 1 saturated carbocycles. The van der Waals surface area contributed by atoms with E-state index in [9.17, 15) is 19.7 Å². The SMILES string of the molecule is O=C(NC1CCCC(C(=O)O)C1)c1ccc([N+](=O)[O-])[nH]1. The standard InChI is InChI=1S/C12H15N3O5/c16-11(9-4-5-10(14-9)15(19)20)13-8-3-1-2-7(6-8)12(17)18/h4-5,7-8,14H,1-3,6H2,(H,13,16)(H,17,18). The van der Waals surface area contributed by atoms with Crippen molar-refractivity contribution in [1.29, 1.82) is 0 Å². The number of nitrogens with zero attached hydrogens (tertiary/aromatic N) is 1. The molecule has 1 aliphatic carbocycles. The Morgan fingerprint density at radius 3 is 2.75 bits per heavy atom. The summed E-state index contributed by atoms with van der Waals surface area (Å²) in [6.07, 6.45) is 2.48. The Labute approximate surface area is 114 Å². The zero-order valence-electron chi connectivity index (χ0n) is 10.7. The van der Waals surface area contributed by atoms with E-state index in [4.69, 9.17) is 5.11 Å². The van der Waals surface area contributed by atoms with Gasteiger partial charge in [0.1, 0.15) is 0 Å². The van der Waals surface area contributed by atoms with Gasteiger partial charge in [-0.2, -0.15) is 0 Å². The maximum absolute atomic E-state index is 11.9. The van der Waals surface area contributed by atoms with Gasteiger partial charge in [-0.3, -0.25) is 9.59 Å². The number of hydrogen-bond acceptors (Lipinski definition) is 4. The average molecular weight is 281 g/mol. The molecular weight excluding hydrogens is 266 g/mol. The van der Waals surface area contributed by atoms with Crippen LogP contribution in [0.3, 0.4) is 0 Å². The molecule has 1 heterocycles. The molecule has 2 atom stereocenters. The second-order valence-electron chi connectivity index (χ2n) is 4.89. The number of nitro groups is 1. The molecule has 1 aromatic heterocycles. The molecule has 0 aliphatic heterocycles. The number of aromatic amines is 1. The van der Waals surface area contributed by atoms with Gasteiger partial charge in [0.2, 0.25) is 0 Å². The number of hydrogen-bond donors (Lipinski definition) is 3. The molecule has 0 radical (unpaired) electrons. The van der Waals surface area contributed by atoms with Gasteiger partial charge in [0.25, 0.3) is 5.91 Å². The summed E-state index contributed by atoms with van der Waals surface area (Å²) in [4.78, 5) is 35.2. The third kappa shape index (κ3) is 3.14. The van der Waals surface area contributed by atoms with Crippen LogP contribution >= 0.6 is 0 Å². The molecule has 20 heavy (non-hydrogen) atoms. The highest BCUT2D eigenvalue weighted by Gasteiger charge is 2.28. The van der Waals surface area contributed by atoms with Crippen molar-refractivity contribution in [2.24, 2.45) is 5.92 Å². The lowest BCUT2D eigenvalue weighted by atomic mass is 9.86. The maximum Gasteiger partial charge on any atom is 0.321 e. The van der Waals surface area contributed by atoms with Crippen molar-refractivity contribution in [3.05, 3.63) is 27.9 Å². The highest BCUT2D eigenvalue weighted by molar-refractivity contribution is 5.93. The van der Waals surface area contributed by atoms with Gasteiger partial charge in [0.05, 0.1) is 5.92 Å². The first-order chi connectivity index (χ1) is 9.47. The summed E-state index contributed by atoms with van der Waals surface area (Å²) in [6, 6.07) is 2.35. The summed E-state index contributed by atoms with van der Waals surface area (Å²) < 4.78 is 0. The number of carboxylic acids is 1. The van der Waals surface area contributed by atoms with Crippen LogP contribution in [-0.2, 0) is 4.79 Å². The topological polar surface area (TPSA) is 125 Å². The molecule has 8 nitrogen and oxygen atoms in total. The molecule has 1 aliphatic rings. The molecule has 0 bridgehead atoms. The minimum atomic E-state index is -0.848. The fourth-order valence-corrected chi connectivity index (χ4v) is 2.43. The van der Waals surface area contributed by atoms with Crippen molar-refractivity contribution >= 4 is 17.7 Å². The lowest BCUT2D eigenvalue weighted by molar-refractivity contribution is -0.389. The number of amides is 1. The van der Waals surface area contributed by atoms with Crippen LogP contribution in [0.5, 0.6) is 0 Å². The number of H-pyrrole nitrogens is 1. The predicted molar refractivity (Wildman–Crippen MR) is 68.3 cm³/mol. The van der Waals surface area contributed by atoms with Gasteiger partial charge in [0.15, 0.2) is 5.69 Å². The van der Waals surface area contributed by atoms with E-state index in [2.05, 4.69) is 10.3 Å². The molecule has 108 valence electrons. The van der Waals surface area contributed by atoms with Crippen molar-refractivity contribution in [2.45, 2.75) is 31.7 Å². The monoisotopic (exact) mass is 281 g/mol. The Kier molecular flexibility index (Phi) is 4.02. The van der Waals surface area contributed by atoms with E-state index in [1.54, 1.807) is 0 Å². The van der Waals surface area contributed by atoms with Gasteiger partial charge in [0, 0.05) is 12.1 Å². The van der Waals surface area contributed by atoms with Crippen LogP contribution < -0.4 is 5.32 Å². The van der Waals surface area contributed by atoms with E-state index >= 15 is 0 Å². The first-order valence-electron chi connectivity index (χ1n) is 6.34. The Morgan fingerprint density at radius 2 is 2.15 bits per heavy atom. The number of carbonyl (C=O) groups is 2. The third-order valence-electron chi connectivity index (χ3n) is 3.47. The molecule has 0 saturated heterocycles. The minimum absolute atomic E-state index is 0.106. The molecule has 0 spiro atoms. The summed E-state index contributed by atoms with van der Waals surface area (Å²) in [7, 11) is 0. The maximum atomic E-state index is 11.9. The summed E-state index contributed by atoms with van der Waals surface area (Å²) in [5, 5.41) is 22.2. The zero-order chi connectivity index (χ0) is 14.7. The molecule has 1 aromatic rings. The van der Waals surface area contributed by atoms with E-state index in [1.165, 1.54) is 12.1 Å². The van der Waals surface area contributed by atoms with Gasteiger partial charge in [-0.15, -0.1) is 0 Å². The van der Waals surface area contributed by atoms with Crippen LogP contribution in [0.1, 0.15) is 36.2 Å². The number of aliphatic carboxylic acids is 1. The molecule has 1 amide bonds. The fourth-order valence-electron chi connectivity index (χ4n) is 2.43. The molecule has 2 rings (SSSR count). The van der Waals surface area contributed by atoms with Crippen LogP contribution in [0.15, 0.2) is 12.1 Å². The van der Waals surface area contributed by atoms with Crippen molar-refractivity contribution in [1.82, 2.24) is 10.3 Å². The van der Waals surface area contributed by atoms with Crippen LogP contribution in [0.4, 0.5) is 5.82 Å². The molecular formula is C12H15N3O5. The van der Waals surface area contributed by atoms with Crippen LogP contribution in [-0.4, -0.2) is 32.9 Å². The molecule has 0 aromatic carbocycles. The highest BCUT2D eigenvalue weighted by atomic mass is 16.6. The van der Waals surface area contributed by atoms with E-state index in [-0.39, 0.29) is 17.6 Å². The van der Waals surface area contributed by atoms with Gasteiger partial charge in [-0.25, -0.2) is 4.98 Å². The Bertz CT molecular complexity index is 539. The van der Waals surface area contributed by atoms with E-state index in [1.807, 2.05) is 0 Å². The average Bonchev–Trinajstić information content (AvgIpc) is 2.88. The minimum Gasteiger partial charge on any atom is -0.481 e. The number of nitrogens with one attached hydrogen (secondary N) is 2. The second kappa shape index (κ2) is 5.72. The number of aromatic nitrogens is 1. The molecule has 8 heteroatoms. The summed E-state index contributed by atoms with van der Waals surface area (Å²) in [5.41, 5.74) is 0.106. The largest absolute Gasteiger partial charge is 0.481 e. The Hall–Kier alpha value is -2.38. The first-order valence-corrected chi connectivity index (χ1v) is 6.34. The number of rotatable bonds is 4. The predicted octanol–water partition coefficient (Wildman–Crippen LogP) is 1.30. The summed E-state index contributed by atoms with van der Waals surface area (Å²) in [6.45, 7) is 0. The highest BCUT2D eigenvalue weighted by Crippen LogP contribution is 2.24. The summed E-state index contributed by atoms with van der Waals surface area (Å²) in [5.74, 6) is -1.98. The van der Waals surface area contributed by atoms with Crippen molar-refractivity contribution in [3.8, 4) is 0 Å². The molecule has 3 N–H and O–H groups in total. The van der Waals surface area contributed by atoms with Gasteiger partial charge >= 0.3 is 11.8 Å². The number of carbonyl (C=O) groups excluding carboxylic acids is 1. The van der Waals surface area contributed by atoms with E-state index < -0.39 is 22.7 Å². The lowest BCUT2D eigenvalue weighted by Crippen LogP contribution is -2.40. The third-order valence-corrected chi connectivity index (χ3v) is 3.47. The zero-order valence-corrected chi connectivity index (χ0v) is 10.7. The van der Waals surface area contributed by atoms with Gasteiger partial charge < -0.3 is 20.5 Å². The summed E-state index contributed by atoms with van der Waals surface area (Å²) >= 11 is 0. The van der Waals surface area contributed by atoms with Crippen molar-refractivity contribution in [2.75, 3.05) is 0 Å². The Balaban J connectivity index is 1.96. The first kappa shape index (κ1) is 14.0. The van der Waals surface area contributed by atoms with Crippen molar-refractivity contribution in [3.63, 3.8) is 0 Å². The second-order valence-corrected chi connectivity index (χ2v) is 4.89.